The molecule has 2 heterocycles. The average Bonchev–Trinajstić information content (AvgIpc) is 2.91. The van der Waals surface area contributed by atoms with Gasteiger partial charge in [0.15, 0.2) is 11.7 Å². The number of amides is 1. The minimum absolute atomic E-state index is 0.109. The second-order valence-corrected chi connectivity index (χ2v) is 5.40. The van der Waals surface area contributed by atoms with Crippen LogP contribution < -0.4 is 5.32 Å². The fourth-order valence-corrected chi connectivity index (χ4v) is 2.06. The topological polar surface area (TPSA) is 96.0 Å². The Hall–Kier alpha value is -2.94. The molecule has 118 valence electrons. The first-order valence-electron chi connectivity index (χ1n) is 7.20. The van der Waals surface area contributed by atoms with Gasteiger partial charge in [-0.2, -0.15) is 5.26 Å². The second-order valence-electron chi connectivity index (χ2n) is 5.40. The number of nitrogens with zero attached hydrogens (tertiary/aromatic N) is 2. The quantitative estimate of drug-likeness (QED) is 0.676. The summed E-state index contributed by atoms with van der Waals surface area (Å²) in [5.74, 6) is -1.28. The van der Waals surface area contributed by atoms with E-state index >= 15 is 0 Å². The van der Waals surface area contributed by atoms with E-state index in [0.29, 0.717) is 11.5 Å². The van der Waals surface area contributed by atoms with Gasteiger partial charge in [0.25, 0.3) is 5.91 Å². The summed E-state index contributed by atoms with van der Waals surface area (Å²) in [5, 5.41) is 11.7. The fourth-order valence-electron chi connectivity index (χ4n) is 2.06. The fraction of sp³-hybridized carbons (Fsp3) is 0.294. The van der Waals surface area contributed by atoms with Crippen LogP contribution >= 0.6 is 0 Å². The highest BCUT2D eigenvalue weighted by Gasteiger charge is 2.30. The van der Waals surface area contributed by atoms with E-state index in [4.69, 9.17) is 4.42 Å². The maximum Gasteiger partial charge on any atom is 0.250 e. The maximum atomic E-state index is 12.5. The summed E-state index contributed by atoms with van der Waals surface area (Å²) in [4.78, 5) is 28.6. The smallest absolute Gasteiger partial charge is 0.250 e. The second kappa shape index (κ2) is 6.88. The molecule has 1 amide bonds. The number of rotatable bonds is 5. The van der Waals surface area contributed by atoms with Crippen molar-refractivity contribution in [2.45, 2.75) is 26.7 Å². The van der Waals surface area contributed by atoms with E-state index in [0.717, 1.165) is 0 Å². The Morgan fingerprint density at radius 3 is 2.61 bits per heavy atom. The van der Waals surface area contributed by atoms with Crippen LogP contribution in [-0.2, 0) is 4.79 Å². The number of ketones is 1. The number of pyridine rings is 1. The average molecular weight is 311 g/mol. The lowest BCUT2D eigenvalue weighted by atomic mass is 9.97. The van der Waals surface area contributed by atoms with Crippen molar-refractivity contribution in [2.24, 2.45) is 5.92 Å². The molecule has 2 aromatic rings. The Balaban J connectivity index is 2.22. The number of hydrogen-bond donors (Lipinski definition) is 1. The zero-order valence-electron chi connectivity index (χ0n) is 13.2. The normalized spacial score (nSPS) is 11.8. The Morgan fingerprint density at radius 2 is 2.09 bits per heavy atom. The van der Waals surface area contributed by atoms with Gasteiger partial charge in [0.05, 0.1) is 11.6 Å². The molecule has 0 radical (unpaired) electrons. The number of anilines is 1. The van der Waals surface area contributed by atoms with E-state index in [1.54, 1.807) is 37.3 Å². The van der Waals surface area contributed by atoms with Crippen molar-refractivity contribution in [2.75, 3.05) is 5.32 Å². The summed E-state index contributed by atoms with van der Waals surface area (Å²) >= 11 is 0. The molecule has 0 spiro atoms. The first-order chi connectivity index (χ1) is 10.9. The number of nitrogens with one attached hydrogen (secondary N) is 1. The standard InChI is InChI=1S/C17H17N3O3/c1-10(2)14-8-12(11(3)23-14)16(21)13(9-18)17(22)20-15-6-4-5-7-19-15/h4-8,10,13H,1-3H3,(H,19,20,22)/t13-/m1/s1. The van der Waals surface area contributed by atoms with Gasteiger partial charge < -0.3 is 9.73 Å². The Bertz CT molecular complexity index is 757. The number of hydrogen-bond acceptors (Lipinski definition) is 5. The number of nitriles is 1. The van der Waals surface area contributed by atoms with Gasteiger partial charge in [0, 0.05) is 12.1 Å². The molecule has 0 bridgehead atoms. The van der Waals surface area contributed by atoms with E-state index in [-0.39, 0.29) is 17.3 Å². The highest BCUT2D eigenvalue weighted by atomic mass is 16.3. The molecule has 23 heavy (non-hydrogen) atoms. The van der Waals surface area contributed by atoms with Crippen molar-refractivity contribution in [3.05, 3.63) is 47.5 Å². The molecule has 0 aromatic carbocycles. The lowest BCUT2D eigenvalue weighted by molar-refractivity contribution is -0.117. The molecule has 0 saturated carbocycles. The zero-order chi connectivity index (χ0) is 17.0. The summed E-state index contributed by atoms with van der Waals surface area (Å²) in [6.07, 6.45) is 1.51. The van der Waals surface area contributed by atoms with Crippen LogP contribution in [0, 0.1) is 24.2 Å². The van der Waals surface area contributed by atoms with E-state index < -0.39 is 17.6 Å². The van der Waals surface area contributed by atoms with Gasteiger partial charge in [-0.3, -0.25) is 9.59 Å². The van der Waals surface area contributed by atoms with Gasteiger partial charge in [-0.15, -0.1) is 0 Å². The van der Waals surface area contributed by atoms with Crippen LogP contribution in [0.5, 0.6) is 0 Å². The minimum Gasteiger partial charge on any atom is -0.465 e. The zero-order valence-corrected chi connectivity index (χ0v) is 13.2. The third-order valence-corrected chi connectivity index (χ3v) is 3.34. The van der Waals surface area contributed by atoms with Crippen molar-refractivity contribution in [1.82, 2.24) is 4.98 Å². The van der Waals surface area contributed by atoms with Gasteiger partial charge in [0.1, 0.15) is 17.3 Å². The number of Topliss-reactive ketones (excluding diaryl/α,β-unsaturated/α-hetero) is 1. The van der Waals surface area contributed by atoms with E-state index in [1.165, 1.54) is 6.20 Å². The third kappa shape index (κ3) is 3.64. The van der Waals surface area contributed by atoms with Crippen molar-refractivity contribution >= 4 is 17.5 Å². The molecule has 2 aromatic heterocycles. The SMILES string of the molecule is Cc1oc(C(C)C)cc1C(=O)[C@@H](C#N)C(=O)Nc1ccccn1. The third-order valence-electron chi connectivity index (χ3n) is 3.34. The molecule has 0 aliphatic carbocycles. The highest BCUT2D eigenvalue weighted by Crippen LogP contribution is 2.24. The van der Waals surface area contributed by atoms with E-state index in [2.05, 4.69) is 10.3 Å². The largest absolute Gasteiger partial charge is 0.465 e. The minimum atomic E-state index is -1.45. The molecule has 0 saturated heterocycles. The first-order valence-corrected chi connectivity index (χ1v) is 7.20. The number of aryl methyl sites for hydroxylation is 1. The lowest BCUT2D eigenvalue weighted by Crippen LogP contribution is -2.29. The first kappa shape index (κ1) is 16.4. The molecule has 1 atom stereocenters. The molecule has 6 nitrogen and oxygen atoms in total. The van der Waals surface area contributed by atoms with Crippen molar-refractivity contribution < 1.29 is 14.0 Å². The lowest BCUT2D eigenvalue weighted by Gasteiger charge is -2.08. The Kier molecular flexibility index (Phi) is 4.91. The molecular weight excluding hydrogens is 294 g/mol. The Morgan fingerprint density at radius 1 is 1.35 bits per heavy atom. The van der Waals surface area contributed by atoms with Gasteiger partial charge in [0.2, 0.25) is 0 Å². The van der Waals surface area contributed by atoms with Crippen LogP contribution in [0.15, 0.2) is 34.9 Å². The summed E-state index contributed by atoms with van der Waals surface area (Å²) in [5.41, 5.74) is 0.261. The predicted octanol–water partition coefficient (Wildman–Crippen LogP) is 3.07. The molecule has 6 heteroatoms. The van der Waals surface area contributed by atoms with Crippen LogP contribution in [0.1, 0.15) is 41.6 Å². The summed E-state index contributed by atoms with van der Waals surface area (Å²) in [7, 11) is 0. The van der Waals surface area contributed by atoms with Crippen LogP contribution in [0.4, 0.5) is 5.82 Å². The molecule has 1 N–H and O–H groups in total. The highest BCUT2D eigenvalue weighted by molar-refractivity contribution is 6.15. The number of aromatic nitrogens is 1. The molecule has 0 fully saturated rings. The molecule has 0 aliphatic rings. The van der Waals surface area contributed by atoms with Crippen LogP contribution in [0.2, 0.25) is 0 Å². The summed E-state index contributed by atoms with van der Waals surface area (Å²) in [6, 6.07) is 8.33. The van der Waals surface area contributed by atoms with Crippen molar-refractivity contribution in [3.8, 4) is 6.07 Å². The number of carbonyl (C=O) groups excluding carboxylic acids is 2. The Labute approximate surface area is 134 Å². The molecule has 0 unspecified atom stereocenters. The number of furan rings is 1. The maximum absolute atomic E-state index is 12.5. The van der Waals surface area contributed by atoms with Crippen LogP contribution in [0.3, 0.4) is 0 Å². The van der Waals surface area contributed by atoms with Gasteiger partial charge in [-0.05, 0) is 25.1 Å². The summed E-state index contributed by atoms with van der Waals surface area (Å²) < 4.78 is 5.52. The monoisotopic (exact) mass is 311 g/mol. The molecule has 0 aliphatic heterocycles. The molecular formula is C17H17N3O3. The van der Waals surface area contributed by atoms with Gasteiger partial charge >= 0.3 is 0 Å². The number of carbonyl (C=O) groups is 2. The van der Waals surface area contributed by atoms with Gasteiger partial charge in [-0.1, -0.05) is 19.9 Å². The van der Waals surface area contributed by atoms with Crippen LogP contribution in [0.25, 0.3) is 0 Å². The van der Waals surface area contributed by atoms with Crippen molar-refractivity contribution in [3.63, 3.8) is 0 Å². The van der Waals surface area contributed by atoms with Crippen LogP contribution in [-0.4, -0.2) is 16.7 Å². The van der Waals surface area contributed by atoms with Gasteiger partial charge in [-0.25, -0.2) is 4.98 Å². The van der Waals surface area contributed by atoms with E-state index in [9.17, 15) is 14.9 Å². The predicted molar refractivity (Wildman–Crippen MR) is 83.8 cm³/mol. The van der Waals surface area contributed by atoms with E-state index in [1.807, 2.05) is 13.8 Å². The molecule has 2 rings (SSSR count). The van der Waals surface area contributed by atoms with Crippen molar-refractivity contribution in [1.29, 1.82) is 5.26 Å². The summed E-state index contributed by atoms with van der Waals surface area (Å²) in [6.45, 7) is 5.51.